The molecule has 0 fully saturated rings. The van der Waals surface area contributed by atoms with Crippen molar-refractivity contribution in [2.24, 2.45) is 0 Å². The normalized spacial score (nSPS) is 12.2. The second-order valence-electron chi connectivity index (χ2n) is 20.5. The maximum absolute atomic E-state index is 5.51. The SMILES string of the molecule is C1=Cc2nc1c(-c1ccccc1)c1nc(c(-c3ccccc3)c3ccc([nH]3)c3ccc([nH]3)c(-c3ccccc3)c3nc(c(-c4ccccc4)c4nc(c(-c5ccccc5)c5ccc([nH]5)c5ccc([nH]5)c2-c2ccccc2)C=C4)C=C3)C=C1. The second-order valence-corrected chi connectivity index (χ2v) is 20.5. The van der Waals surface area contributed by atoms with Crippen molar-refractivity contribution in [1.29, 1.82) is 0 Å². The molecule has 386 valence electrons. The first-order valence-electron chi connectivity index (χ1n) is 27.5. The Morgan fingerprint density at radius 3 is 0.512 bits per heavy atom. The molecule has 4 N–H and O–H groups in total. The first kappa shape index (κ1) is 47.9. The molecule has 9 heterocycles. The van der Waals surface area contributed by atoms with E-state index in [-0.39, 0.29) is 0 Å². The molecular weight excluding hydrogens is 1000 g/mol. The van der Waals surface area contributed by atoms with Crippen LogP contribution in [-0.2, 0) is 0 Å². The number of nitrogens with one attached hydrogen (secondary N) is 4. The van der Waals surface area contributed by atoms with Crippen LogP contribution in [0.1, 0.15) is 45.6 Å². The van der Waals surface area contributed by atoms with Crippen LogP contribution < -0.4 is 0 Å². The fourth-order valence-corrected chi connectivity index (χ4v) is 11.6. The van der Waals surface area contributed by atoms with E-state index in [9.17, 15) is 0 Å². The highest BCUT2D eigenvalue weighted by Crippen LogP contribution is 2.40. The third kappa shape index (κ3) is 8.87. The molecule has 4 aliphatic rings. The molecule has 82 heavy (non-hydrogen) atoms. The molecule has 0 amide bonds. The standard InChI is InChI=1S/C74H50N8/c1-7-19-47(20-8-1)69-57-35-31-53(75-57)54-32-36-58(76-54)70(48-21-9-2-10-22-48)63-41-45-67(81-63)74(52-29-17-6-18-30-52)68-46-42-64(82-68)72(50-25-13-4-14-26-50)60-38-34-56(78-60)55-33-37-59(77-55)71(49-23-11-3-12-24-49)62-40-44-66(80-62)73(51-27-15-5-16-28-51)65-43-39-61(69)79-65/h1-46,75-78H. The topological polar surface area (TPSA) is 115 Å². The molecule has 5 aromatic heterocycles. The fourth-order valence-electron chi connectivity index (χ4n) is 11.6. The molecular formula is C74H50N8. The average Bonchev–Trinajstić information content (AvgIpc) is 4.46. The van der Waals surface area contributed by atoms with E-state index in [1.54, 1.807) is 0 Å². The zero-order valence-corrected chi connectivity index (χ0v) is 44.3. The van der Waals surface area contributed by atoms with E-state index in [4.69, 9.17) is 19.9 Å². The molecule has 4 aliphatic heterocycles. The van der Waals surface area contributed by atoms with Crippen molar-refractivity contribution in [2.75, 3.05) is 0 Å². The van der Waals surface area contributed by atoms with E-state index in [1.807, 2.05) is 36.4 Å². The molecule has 0 saturated heterocycles. The van der Waals surface area contributed by atoms with Crippen LogP contribution in [0.4, 0.5) is 0 Å². The maximum Gasteiger partial charge on any atom is 0.0738 e. The molecule has 0 spiro atoms. The Morgan fingerprint density at radius 2 is 0.317 bits per heavy atom. The minimum Gasteiger partial charge on any atom is -0.353 e. The van der Waals surface area contributed by atoms with Crippen LogP contribution in [0.15, 0.2) is 231 Å². The van der Waals surface area contributed by atoms with Crippen LogP contribution in [0, 0.1) is 0 Å². The summed E-state index contributed by atoms with van der Waals surface area (Å²) in [6, 6.07) is 80.1. The first-order valence-corrected chi connectivity index (χ1v) is 27.5. The number of fused-ring (bicyclic) bond motifs is 18. The summed E-state index contributed by atoms with van der Waals surface area (Å²) in [5.41, 5.74) is 26.3. The summed E-state index contributed by atoms with van der Waals surface area (Å²) in [5, 5.41) is 0. The van der Waals surface area contributed by atoms with Gasteiger partial charge < -0.3 is 19.9 Å². The molecule has 16 bridgehead atoms. The Kier molecular flexibility index (Phi) is 12.0. The summed E-state index contributed by atoms with van der Waals surface area (Å²) in [6.45, 7) is 0. The molecule has 0 atom stereocenters. The molecule has 15 rings (SSSR count). The Labute approximate surface area is 473 Å². The third-order valence-electron chi connectivity index (χ3n) is 15.4. The third-order valence-corrected chi connectivity index (χ3v) is 15.4. The van der Waals surface area contributed by atoms with Gasteiger partial charge in [0.1, 0.15) is 0 Å². The Morgan fingerprint density at radius 1 is 0.159 bits per heavy atom. The van der Waals surface area contributed by atoms with Crippen molar-refractivity contribution in [3.8, 4) is 66.8 Å². The summed E-state index contributed by atoms with van der Waals surface area (Å²) in [5.74, 6) is 0. The molecule has 0 unspecified atom stereocenters. The van der Waals surface area contributed by atoms with E-state index >= 15 is 0 Å². The van der Waals surface area contributed by atoms with Crippen molar-refractivity contribution in [2.45, 2.75) is 0 Å². The quantitative estimate of drug-likeness (QED) is 0.133. The van der Waals surface area contributed by atoms with Crippen LogP contribution in [0.5, 0.6) is 0 Å². The molecule has 6 aromatic carbocycles. The van der Waals surface area contributed by atoms with E-state index < -0.39 is 0 Å². The largest absolute Gasteiger partial charge is 0.353 e. The minimum atomic E-state index is 0.826. The summed E-state index contributed by atoms with van der Waals surface area (Å²) >= 11 is 0. The van der Waals surface area contributed by atoms with Gasteiger partial charge in [-0.05, 0) is 131 Å². The lowest BCUT2D eigenvalue weighted by Gasteiger charge is -2.06. The predicted octanol–water partition coefficient (Wildman–Crippen LogP) is 18.8. The van der Waals surface area contributed by atoms with Crippen molar-refractivity contribution in [3.63, 3.8) is 0 Å². The number of hydrogen-bond donors (Lipinski definition) is 4. The second kappa shape index (κ2) is 20.5. The predicted molar refractivity (Wildman–Crippen MR) is 342 cm³/mol. The highest BCUT2D eigenvalue weighted by Gasteiger charge is 2.21. The monoisotopic (exact) mass is 1050 g/mol. The number of rotatable bonds is 6. The number of aromatic amines is 4. The van der Waals surface area contributed by atoms with Gasteiger partial charge in [0.15, 0.2) is 0 Å². The van der Waals surface area contributed by atoms with E-state index in [1.165, 1.54) is 0 Å². The van der Waals surface area contributed by atoms with Crippen LogP contribution in [-0.4, -0.2) is 39.9 Å². The lowest BCUT2D eigenvalue weighted by Crippen LogP contribution is -1.90. The van der Waals surface area contributed by atoms with Gasteiger partial charge in [0, 0.05) is 55.4 Å². The van der Waals surface area contributed by atoms with Gasteiger partial charge in [-0.3, -0.25) is 0 Å². The summed E-state index contributed by atoms with van der Waals surface area (Å²) in [4.78, 5) is 37.3. The first-order chi connectivity index (χ1) is 40.6. The maximum atomic E-state index is 5.51. The fraction of sp³-hybridized carbons (Fsp3) is 0. The lowest BCUT2D eigenvalue weighted by molar-refractivity contribution is 1.27. The summed E-state index contributed by atoms with van der Waals surface area (Å²) in [6.07, 6.45) is 17.0. The molecule has 8 heteroatoms. The summed E-state index contributed by atoms with van der Waals surface area (Å²) < 4.78 is 0. The number of hydrogen-bond acceptors (Lipinski definition) is 4. The van der Waals surface area contributed by atoms with E-state index in [2.05, 4.69) is 263 Å². The van der Waals surface area contributed by atoms with Gasteiger partial charge in [0.05, 0.1) is 67.6 Å². The highest BCUT2D eigenvalue weighted by atomic mass is 14.8. The molecule has 8 nitrogen and oxygen atoms in total. The van der Waals surface area contributed by atoms with Crippen LogP contribution in [0.2, 0.25) is 0 Å². The van der Waals surface area contributed by atoms with Gasteiger partial charge in [0.25, 0.3) is 0 Å². The van der Waals surface area contributed by atoms with Gasteiger partial charge in [-0.1, -0.05) is 182 Å². The van der Waals surface area contributed by atoms with Crippen molar-refractivity contribution in [3.05, 3.63) is 276 Å². The molecule has 0 saturated carbocycles. The molecule has 0 radical (unpaired) electrons. The Bertz CT molecular complexity index is 4290. The zero-order valence-electron chi connectivity index (χ0n) is 44.3. The van der Waals surface area contributed by atoms with Gasteiger partial charge in [-0.25, -0.2) is 19.9 Å². The Hall–Kier alpha value is -11.2. The van der Waals surface area contributed by atoms with Crippen LogP contribution in [0.25, 0.3) is 160 Å². The van der Waals surface area contributed by atoms with Crippen molar-refractivity contribution >= 4 is 92.7 Å². The Balaban J connectivity index is 1.06. The van der Waals surface area contributed by atoms with Crippen molar-refractivity contribution in [1.82, 2.24) is 39.9 Å². The van der Waals surface area contributed by atoms with Crippen LogP contribution in [0.3, 0.4) is 0 Å². The van der Waals surface area contributed by atoms with E-state index in [0.717, 1.165) is 156 Å². The average molecular weight is 1050 g/mol. The number of H-pyrrole nitrogens is 4. The smallest absolute Gasteiger partial charge is 0.0738 e. The summed E-state index contributed by atoms with van der Waals surface area (Å²) in [7, 11) is 0. The number of benzene rings is 6. The van der Waals surface area contributed by atoms with Gasteiger partial charge in [0.2, 0.25) is 0 Å². The zero-order chi connectivity index (χ0) is 54.3. The van der Waals surface area contributed by atoms with Crippen molar-refractivity contribution < 1.29 is 0 Å². The number of nitrogens with zero attached hydrogens (tertiary/aromatic N) is 4. The minimum absolute atomic E-state index is 0.826. The van der Waals surface area contributed by atoms with Gasteiger partial charge in [-0.15, -0.1) is 0 Å². The molecule has 0 aliphatic carbocycles. The number of aromatic nitrogens is 8. The van der Waals surface area contributed by atoms with Gasteiger partial charge >= 0.3 is 0 Å². The van der Waals surface area contributed by atoms with Gasteiger partial charge in [-0.2, -0.15) is 0 Å². The lowest BCUT2D eigenvalue weighted by atomic mass is 10.0. The van der Waals surface area contributed by atoms with Crippen LogP contribution >= 0.6 is 0 Å². The highest BCUT2D eigenvalue weighted by molar-refractivity contribution is 6.00. The van der Waals surface area contributed by atoms with E-state index in [0.29, 0.717) is 0 Å². The molecule has 11 aromatic rings.